The van der Waals surface area contributed by atoms with Crippen molar-refractivity contribution in [2.45, 2.75) is 12.5 Å². The fourth-order valence-corrected chi connectivity index (χ4v) is 2.39. The molecule has 1 N–H and O–H groups in total. The van der Waals surface area contributed by atoms with Gasteiger partial charge in [-0.25, -0.2) is 0 Å². The van der Waals surface area contributed by atoms with Crippen LogP contribution in [0.25, 0.3) is 0 Å². The van der Waals surface area contributed by atoms with E-state index in [0.29, 0.717) is 12.0 Å². The van der Waals surface area contributed by atoms with Crippen molar-refractivity contribution in [3.8, 4) is 0 Å². The van der Waals surface area contributed by atoms with Crippen molar-refractivity contribution in [2.75, 3.05) is 40.4 Å². The number of nitrogens with zero attached hydrogens (tertiary/aromatic N) is 1. The summed E-state index contributed by atoms with van der Waals surface area (Å²) in [5, 5.41) is 3.69. The van der Waals surface area contributed by atoms with E-state index in [-0.39, 0.29) is 0 Å². The molecular weight excluding hydrogens is 224 g/mol. The number of likely N-dealkylation sites (N-methyl/N-ethyl adjacent to an activating group) is 1. The molecule has 2 rings (SSSR count). The Balaban J connectivity index is 1.92. The van der Waals surface area contributed by atoms with Crippen LogP contribution in [-0.2, 0) is 4.74 Å². The fraction of sp³-hybridized carbons (Fsp3) is 0.600. The summed E-state index contributed by atoms with van der Waals surface area (Å²) in [4.78, 5) is 2.23. The molecule has 0 bridgehead atoms. The first kappa shape index (κ1) is 13.5. The van der Waals surface area contributed by atoms with Crippen molar-refractivity contribution < 1.29 is 4.74 Å². The average molecular weight is 248 g/mol. The molecule has 1 saturated heterocycles. The highest BCUT2D eigenvalue weighted by molar-refractivity contribution is 5.19. The molecule has 0 radical (unpaired) electrons. The molecule has 3 heteroatoms. The molecule has 18 heavy (non-hydrogen) atoms. The largest absolute Gasteiger partial charge is 0.381 e. The van der Waals surface area contributed by atoms with Crippen LogP contribution >= 0.6 is 0 Å². The summed E-state index contributed by atoms with van der Waals surface area (Å²) in [6.07, 6.45) is 1.19. The Bertz CT molecular complexity index is 334. The van der Waals surface area contributed by atoms with Crippen LogP contribution in [0.4, 0.5) is 0 Å². The van der Waals surface area contributed by atoms with Crippen LogP contribution < -0.4 is 5.32 Å². The van der Waals surface area contributed by atoms with E-state index in [0.717, 1.165) is 26.3 Å². The van der Waals surface area contributed by atoms with Gasteiger partial charge in [0.1, 0.15) is 0 Å². The molecule has 0 saturated carbocycles. The zero-order chi connectivity index (χ0) is 12.8. The van der Waals surface area contributed by atoms with Gasteiger partial charge in [-0.1, -0.05) is 30.3 Å². The lowest BCUT2D eigenvalue weighted by Crippen LogP contribution is -2.34. The fourth-order valence-electron chi connectivity index (χ4n) is 2.39. The molecule has 2 unspecified atom stereocenters. The van der Waals surface area contributed by atoms with E-state index in [1.807, 2.05) is 0 Å². The van der Waals surface area contributed by atoms with Crippen LogP contribution in [0.2, 0.25) is 0 Å². The maximum atomic E-state index is 5.43. The minimum atomic E-state index is 0.404. The first-order valence-corrected chi connectivity index (χ1v) is 6.76. The maximum absolute atomic E-state index is 5.43. The van der Waals surface area contributed by atoms with Gasteiger partial charge in [0.2, 0.25) is 0 Å². The number of nitrogens with one attached hydrogen (secondary N) is 1. The van der Waals surface area contributed by atoms with Gasteiger partial charge in [-0.2, -0.15) is 0 Å². The lowest BCUT2D eigenvalue weighted by atomic mass is 10.0. The molecule has 0 spiro atoms. The van der Waals surface area contributed by atoms with E-state index in [1.165, 1.54) is 12.0 Å². The number of ether oxygens (including phenoxy) is 1. The van der Waals surface area contributed by atoms with Crippen molar-refractivity contribution in [2.24, 2.45) is 5.92 Å². The normalized spacial score (nSPS) is 21.4. The van der Waals surface area contributed by atoms with Crippen molar-refractivity contribution >= 4 is 0 Å². The molecule has 0 amide bonds. The topological polar surface area (TPSA) is 24.5 Å². The molecule has 1 heterocycles. The van der Waals surface area contributed by atoms with Gasteiger partial charge in [-0.3, -0.25) is 0 Å². The Kier molecular flexibility index (Phi) is 5.17. The monoisotopic (exact) mass is 248 g/mol. The highest BCUT2D eigenvalue weighted by Gasteiger charge is 2.18. The summed E-state index contributed by atoms with van der Waals surface area (Å²) in [5.74, 6) is 0.679. The zero-order valence-electron chi connectivity index (χ0n) is 11.4. The first-order chi connectivity index (χ1) is 8.75. The van der Waals surface area contributed by atoms with E-state index in [2.05, 4.69) is 54.6 Å². The highest BCUT2D eigenvalue weighted by Crippen LogP contribution is 2.16. The van der Waals surface area contributed by atoms with Gasteiger partial charge in [0.25, 0.3) is 0 Å². The number of hydrogen-bond donors (Lipinski definition) is 1. The second-order valence-corrected chi connectivity index (χ2v) is 5.36. The molecule has 1 fully saturated rings. The van der Waals surface area contributed by atoms with Crippen LogP contribution in [-0.4, -0.2) is 45.3 Å². The predicted molar refractivity (Wildman–Crippen MR) is 74.7 cm³/mol. The van der Waals surface area contributed by atoms with Gasteiger partial charge >= 0.3 is 0 Å². The summed E-state index contributed by atoms with van der Waals surface area (Å²) >= 11 is 0. The molecule has 100 valence electrons. The summed E-state index contributed by atoms with van der Waals surface area (Å²) in [6.45, 7) is 3.91. The van der Waals surface area contributed by atoms with Crippen LogP contribution in [0.15, 0.2) is 30.3 Å². The van der Waals surface area contributed by atoms with Crippen molar-refractivity contribution in [1.29, 1.82) is 0 Å². The number of rotatable bonds is 6. The highest BCUT2D eigenvalue weighted by atomic mass is 16.5. The smallest absolute Gasteiger partial charge is 0.0507 e. The van der Waals surface area contributed by atoms with Crippen LogP contribution in [0.3, 0.4) is 0 Å². The molecule has 1 aromatic carbocycles. The minimum absolute atomic E-state index is 0.404. The minimum Gasteiger partial charge on any atom is -0.381 e. The third-order valence-electron chi connectivity index (χ3n) is 3.43. The molecule has 3 nitrogen and oxygen atoms in total. The van der Waals surface area contributed by atoms with E-state index >= 15 is 0 Å². The van der Waals surface area contributed by atoms with Crippen molar-refractivity contribution in [1.82, 2.24) is 10.2 Å². The summed E-state index contributed by atoms with van der Waals surface area (Å²) in [5.41, 5.74) is 1.37. The Morgan fingerprint density at radius 2 is 2.11 bits per heavy atom. The average Bonchev–Trinajstić information content (AvgIpc) is 2.88. The van der Waals surface area contributed by atoms with Gasteiger partial charge in [0, 0.05) is 25.7 Å². The van der Waals surface area contributed by atoms with Crippen molar-refractivity contribution in [3.63, 3.8) is 0 Å². The standard InChI is InChI=1S/C15H24N2O/c1-17(2)11-15(14-6-4-3-5-7-14)16-10-13-8-9-18-12-13/h3-7,13,15-16H,8-12H2,1-2H3. The summed E-state index contributed by atoms with van der Waals surface area (Å²) in [6, 6.07) is 11.1. The quantitative estimate of drug-likeness (QED) is 0.832. The molecule has 0 aliphatic carbocycles. The van der Waals surface area contributed by atoms with Gasteiger partial charge in [0.15, 0.2) is 0 Å². The molecule has 1 aromatic rings. The molecule has 1 aliphatic heterocycles. The zero-order valence-corrected chi connectivity index (χ0v) is 11.4. The van der Waals surface area contributed by atoms with E-state index in [1.54, 1.807) is 0 Å². The second-order valence-electron chi connectivity index (χ2n) is 5.36. The van der Waals surface area contributed by atoms with E-state index < -0.39 is 0 Å². The number of benzene rings is 1. The van der Waals surface area contributed by atoms with Crippen LogP contribution in [0, 0.1) is 5.92 Å². The molecular formula is C15H24N2O. The SMILES string of the molecule is CN(C)CC(NCC1CCOC1)c1ccccc1. The van der Waals surface area contributed by atoms with Crippen molar-refractivity contribution in [3.05, 3.63) is 35.9 Å². The van der Waals surface area contributed by atoms with Crippen LogP contribution in [0.5, 0.6) is 0 Å². The van der Waals surface area contributed by atoms with E-state index in [9.17, 15) is 0 Å². The molecule has 2 atom stereocenters. The summed E-state index contributed by atoms with van der Waals surface area (Å²) < 4.78 is 5.43. The third-order valence-corrected chi connectivity index (χ3v) is 3.43. The first-order valence-electron chi connectivity index (χ1n) is 6.76. The third kappa shape index (κ3) is 4.09. The Labute approximate surface area is 110 Å². The number of hydrogen-bond acceptors (Lipinski definition) is 3. The van der Waals surface area contributed by atoms with E-state index in [4.69, 9.17) is 4.74 Å². The Morgan fingerprint density at radius 3 is 2.72 bits per heavy atom. The predicted octanol–water partition coefficient (Wildman–Crippen LogP) is 1.92. The van der Waals surface area contributed by atoms with Gasteiger partial charge in [-0.15, -0.1) is 0 Å². The van der Waals surface area contributed by atoms with Gasteiger partial charge in [-0.05, 0) is 32.0 Å². The van der Waals surface area contributed by atoms with Crippen LogP contribution in [0.1, 0.15) is 18.0 Å². The molecule has 0 aromatic heterocycles. The Morgan fingerprint density at radius 1 is 1.33 bits per heavy atom. The van der Waals surface area contributed by atoms with Gasteiger partial charge in [0.05, 0.1) is 6.61 Å². The Hall–Kier alpha value is -0.900. The second kappa shape index (κ2) is 6.88. The summed E-state index contributed by atoms with van der Waals surface area (Å²) in [7, 11) is 4.24. The van der Waals surface area contributed by atoms with Gasteiger partial charge < -0.3 is 15.0 Å². The maximum Gasteiger partial charge on any atom is 0.0507 e. The lowest BCUT2D eigenvalue weighted by molar-refractivity contribution is 0.184. The lowest BCUT2D eigenvalue weighted by Gasteiger charge is -2.24. The molecule has 1 aliphatic rings.